The van der Waals surface area contributed by atoms with Gasteiger partial charge in [-0.3, -0.25) is 4.79 Å². The SMILES string of the molecule is CCc1nccn1C[C@@H](C)C(=O)N1CCc2nc([C@H]3CCNC3)ncc2C1. The Labute approximate surface area is 160 Å². The molecule has 1 saturated heterocycles. The Morgan fingerprint density at radius 3 is 3.07 bits per heavy atom. The van der Waals surface area contributed by atoms with Crippen LogP contribution >= 0.6 is 0 Å². The zero-order chi connectivity index (χ0) is 18.8. The van der Waals surface area contributed by atoms with E-state index in [0.29, 0.717) is 19.0 Å². The van der Waals surface area contributed by atoms with Crippen LogP contribution in [-0.2, 0) is 30.7 Å². The fourth-order valence-corrected chi connectivity index (χ4v) is 4.10. The lowest BCUT2D eigenvalue weighted by Crippen LogP contribution is -2.40. The number of carbonyl (C=O) groups excluding carboxylic acids is 1. The summed E-state index contributed by atoms with van der Waals surface area (Å²) >= 11 is 0. The lowest BCUT2D eigenvalue weighted by atomic mass is 10.0. The van der Waals surface area contributed by atoms with Gasteiger partial charge < -0.3 is 14.8 Å². The zero-order valence-electron chi connectivity index (χ0n) is 16.2. The van der Waals surface area contributed by atoms with Gasteiger partial charge in [-0.2, -0.15) is 0 Å². The molecule has 27 heavy (non-hydrogen) atoms. The molecule has 4 rings (SSSR count). The van der Waals surface area contributed by atoms with Crippen LogP contribution in [-0.4, -0.2) is 50.0 Å². The van der Waals surface area contributed by atoms with Gasteiger partial charge in [-0.05, 0) is 13.0 Å². The van der Waals surface area contributed by atoms with Crippen molar-refractivity contribution in [1.29, 1.82) is 0 Å². The van der Waals surface area contributed by atoms with Crippen LogP contribution in [0.3, 0.4) is 0 Å². The summed E-state index contributed by atoms with van der Waals surface area (Å²) in [6.45, 7) is 8.13. The molecule has 2 atom stereocenters. The Hall–Kier alpha value is -2.28. The first-order chi connectivity index (χ1) is 13.2. The van der Waals surface area contributed by atoms with Crippen LogP contribution in [0.1, 0.15) is 49.1 Å². The molecular formula is C20H28N6O. The van der Waals surface area contributed by atoms with Crippen LogP contribution in [0, 0.1) is 5.92 Å². The normalized spacial score (nSPS) is 20.5. The highest BCUT2D eigenvalue weighted by Crippen LogP contribution is 2.23. The van der Waals surface area contributed by atoms with Crippen LogP contribution in [0.15, 0.2) is 18.6 Å². The summed E-state index contributed by atoms with van der Waals surface area (Å²) in [5.41, 5.74) is 2.21. The molecule has 0 saturated carbocycles. The largest absolute Gasteiger partial charge is 0.338 e. The molecule has 1 N–H and O–H groups in total. The molecule has 2 aromatic heterocycles. The fourth-order valence-electron chi connectivity index (χ4n) is 4.10. The van der Waals surface area contributed by atoms with Crippen molar-refractivity contribution in [2.24, 2.45) is 5.92 Å². The fraction of sp³-hybridized carbons (Fsp3) is 0.600. The second-order valence-corrected chi connectivity index (χ2v) is 7.65. The summed E-state index contributed by atoms with van der Waals surface area (Å²) in [7, 11) is 0. The molecule has 0 spiro atoms. The second kappa shape index (κ2) is 7.76. The van der Waals surface area contributed by atoms with E-state index in [1.807, 2.05) is 30.4 Å². The van der Waals surface area contributed by atoms with Gasteiger partial charge in [0.25, 0.3) is 0 Å². The van der Waals surface area contributed by atoms with Gasteiger partial charge in [0.05, 0.1) is 11.6 Å². The topological polar surface area (TPSA) is 75.9 Å². The van der Waals surface area contributed by atoms with Crippen LogP contribution < -0.4 is 5.32 Å². The van der Waals surface area contributed by atoms with Gasteiger partial charge in [-0.15, -0.1) is 0 Å². The predicted molar refractivity (Wildman–Crippen MR) is 102 cm³/mol. The van der Waals surface area contributed by atoms with Crippen molar-refractivity contribution in [3.8, 4) is 0 Å². The van der Waals surface area contributed by atoms with E-state index in [0.717, 1.165) is 61.8 Å². The van der Waals surface area contributed by atoms with Crippen LogP contribution in [0.25, 0.3) is 0 Å². The summed E-state index contributed by atoms with van der Waals surface area (Å²) in [6, 6.07) is 0. The van der Waals surface area contributed by atoms with Crippen LogP contribution in [0.2, 0.25) is 0 Å². The minimum atomic E-state index is -0.0733. The molecular weight excluding hydrogens is 340 g/mol. The highest BCUT2D eigenvalue weighted by atomic mass is 16.2. The molecule has 4 heterocycles. The van der Waals surface area contributed by atoms with Gasteiger partial charge >= 0.3 is 0 Å². The Morgan fingerprint density at radius 2 is 2.30 bits per heavy atom. The van der Waals surface area contributed by atoms with Gasteiger partial charge in [0.15, 0.2) is 0 Å². The number of fused-ring (bicyclic) bond motifs is 1. The van der Waals surface area contributed by atoms with Gasteiger partial charge in [0, 0.05) is 69.1 Å². The molecule has 1 fully saturated rings. The number of carbonyl (C=O) groups is 1. The van der Waals surface area contributed by atoms with Crippen LogP contribution in [0.4, 0.5) is 0 Å². The van der Waals surface area contributed by atoms with Crippen molar-refractivity contribution in [3.05, 3.63) is 41.5 Å². The third kappa shape index (κ3) is 3.74. The van der Waals surface area contributed by atoms with Crippen LogP contribution in [0.5, 0.6) is 0 Å². The summed E-state index contributed by atoms with van der Waals surface area (Å²) in [5, 5.41) is 3.37. The molecule has 0 aromatic carbocycles. The maximum absolute atomic E-state index is 13.0. The van der Waals surface area contributed by atoms with Crippen molar-refractivity contribution in [1.82, 2.24) is 29.7 Å². The van der Waals surface area contributed by atoms with Crippen molar-refractivity contribution < 1.29 is 4.79 Å². The van der Waals surface area contributed by atoms with Gasteiger partial charge in [0.1, 0.15) is 11.6 Å². The lowest BCUT2D eigenvalue weighted by Gasteiger charge is -2.30. The third-order valence-electron chi connectivity index (χ3n) is 5.70. The maximum Gasteiger partial charge on any atom is 0.227 e. The lowest BCUT2D eigenvalue weighted by molar-refractivity contribution is -0.136. The number of aryl methyl sites for hydroxylation is 1. The van der Waals surface area contributed by atoms with E-state index in [4.69, 9.17) is 4.98 Å². The van der Waals surface area contributed by atoms with Crippen molar-refractivity contribution in [2.75, 3.05) is 19.6 Å². The Kier molecular flexibility index (Phi) is 5.20. The Bertz CT molecular complexity index is 811. The van der Waals surface area contributed by atoms with E-state index in [9.17, 15) is 4.79 Å². The highest BCUT2D eigenvalue weighted by molar-refractivity contribution is 5.78. The summed E-state index contributed by atoms with van der Waals surface area (Å²) in [6.07, 6.45) is 8.50. The van der Waals surface area contributed by atoms with Crippen molar-refractivity contribution >= 4 is 5.91 Å². The maximum atomic E-state index is 13.0. The Balaban J connectivity index is 1.41. The number of nitrogens with zero attached hydrogens (tertiary/aromatic N) is 5. The first-order valence-electron chi connectivity index (χ1n) is 10.00. The quantitative estimate of drug-likeness (QED) is 0.866. The minimum absolute atomic E-state index is 0.0733. The number of aromatic nitrogens is 4. The number of amides is 1. The minimum Gasteiger partial charge on any atom is -0.338 e. The summed E-state index contributed by atoms with van der Waals surface area (Å²) < 4.78 is 2.09. The first kappa shape index (κ1) is 18.1. The molecule has 2 aliphatic heterocycles. The number of nitrogens with one attached hydrogen (secondary N) is 1. The predicted octanol–water partition coefficient (Wildman–Crippen LogP) is 1.53. The third-order valence-corrected chi connectivity index (χ3v) is 5.70. The van der Waals surface area contributed by atoms with E-state index in [1.54, 1.807) is 0 Å². The molecule has 7 nitrogen and oxygen atoms in total. The van der Waals surface area contributed by atoms with E-state index in [-0.39, 0.29) is 11.8 Å². The molecule has 0 unspecified atom stereocenters. The first-order valence-corrected chi connectivity index (χ1v) is 10.00. The monoisotopic (exact) mass is 368 g/mol. The number of hydrogen-bond acceptors (Lipinski definition) is 5. The number of imidazole rings is 1. The molecule has 2 aromatic rings. The summed E-state index contributed by atoms with van der Waals surface area (Å²) in [5.74, 6) is 2.54. The molecule has 144 valence electrons. The van der Waals surface area contributed by atoms with E-state index >= 15 is 0 Å². The highest BCUT2D eigenvalue weighted by Gasteiger charge is 2.27. The molecule has 7 heteroatoms. The van der Waals surface area contributed by atoms with Gasteiger partial charge in [-0.25, -0.2) is 15.0 Å². The van der Waals surface area contributed by atoms with E-state index in [2.05, 4.69) is 26.8 Å². The molecule has 0 radical (unpaired) electrons. The average molecular weight is 368 g/mol. The molecule has 1 amide bonds. The zero-order valence-corrected chi connectivity index (χ0v) is 16.2. The standard InChI is InChI=1S/C20H28N6O/c1-3-18-22-7-9-25(18)12-14(2)20(27)26-8-5-17-16(13-26)11-23-19(24-17)15-4-6-21-10-15/h7,9,11,14-15,21H,3-6,8,10,12-13H2,1-2H3/t14-,15+/m1/s1. The molecule has 0 bridgehead atoms. The Morgan fingerprint density at radius 1 is 1.41 bits per heavy atom. The number of rotatable bonds is 5. The smallest absolute Gasteiger partial charge is 0.227 e. The van der Waals surface area contributed by atoms with Gasteiger partial charge in [0.2, 0.25) is 5.91 Å². The molecule has 0 aliphatic carbocycles. The van der Waals surface area contributed by atoms with Crippen molar-refractivity contribution in [2.45, 2.75) is 52.1 Å². The van der Waals surface area contributed by atoms with E-state index < -0.39 is 0 Å². The molecule has 2 aliphatic rings. The second-order valence-electron chi connectivity index (χ2n) is 7.65. The van der Waals surface area contributed by atoms with Gasteiger partial charge in [-0.1, -0.05) is 13.8 Å². The average Bonchev–Trinajstić information content (AvgIpc) is 3.38. The van der Waals surface area contributed by atoms with E-state index in [1.165, 1.54) is 0 Å². The number of hydrogen-bond donors (Lipinski definition) is 1. The summed E-state index contributed by atoms with van der Waals surface area (Å²) in [4.78, 5) is 28.7. The van der Waals surface area contributed by atoms with Crippen molar-refractivity contribution in [3.63, 3.8) is 0 Å².